The van der Waals surface area contributed by atoms with Gasteiger partial charge in [-0.25, -0.2) is 0 Å². The molecule has 0 heterocycles. The lowest BCUT2D eigenvalue weighted by molar-refractivity contribution is 0.0785. The van der Waals surface area contributed by atoms with Gasteiger partial charge in [-0.05, 0) is 48.4 Å². The Morgan fingerprint density at radius 1 is 1.25 bits per heavy atom. The fourth-order valence-electron chi connectivity index (χ4n) is 2.12. The minimum atomic E-state index is -0.00294. The van der Waals surface area contributed by atoms with Gasteiger partial charge in [0.15, 0.2) is 0 Å². The van der Waals surface area contributed by atoms with Gasteiger partial charge < -0.3 is 10.6 Å². The van der Waals surface area contributed by atoms with E-state index in [0.29, 0.717) is 17.8 Å². The number of anilines is 1. The van der Waals surface area contributed by atoms with Gasteiger partial charge in [0.25, 0.3) is 5.91 Å². The van der Waals surface area contributed by atoms with Crippen molar-refractivity contribution < 1.29 is 4.79 Å². The molecule has 0 unspecified atom stereocenters. The molecule has 0 aliphatic heterocycles. The monoisotopic (exact) mass is 332 g/mol. The summed E-state index contributed by atoms with van der Waals surface area (Å²) in [6, 6.07) is 13.3. The molecule has 0 spiro atoms. The number of carbonyl (C=O) groups is 1. The van der Waals surface area contributed by atoms with Gasteiger partial charge in [0, 0.05) is 29.3 Å². The lowest BCUT2D eigenvalue weighted by Gasteiger charge is -2.18. The number of nitrogen functional groups attached to an aromatic ring is 1. The summed E-state index contributed by atoms with van der Waals surface area (Å²) in [5.74, 6) is -0.00294. The normalized spacial score (nSPS) is 10.3. The molecule has 3 nitrogen and oxygen atoms in total. The number of aryl methyl sites for hydroxylation is 1. The van der Waals surface area contributed by atoms with Crippen molar-refractivity contribution in [2.75, 3.05) is 12.8 Å². The molecule has 20 heavy (non-hydrogen) atoms. The average molecular weight is 333 g/mol. The molecule has 0 fully saturated rings. The van der Waals surface area contributed by atoms with Gasteiger partial charge in [-0.2, -0.15) is 0 Å². The van der Waals surface area contributed by atoms with Crippen molar-refractivity contribution in [3.63, 3.8) is 0 Å². The highest BCUT2D eigenvalue weighted by molar-refractivity contribution is 9.10. The molecule has 0 saturated carbocycles. The predicted octanol–water partition coefficient (Wildman–Crippen LogP) is 3.61. The highest BCUT2D eigenvalue weighted by Gasteiger charge is 2.13. The summed E-state index contributed by atoms with van der Waals surface area (Å²) in [5.41, 5.74) is 9.22. The first-order valence-electron chi connectivity index (χ1n) is 6.33. The minimum Gasteiger partial charge on any atom is -0.399 e. The van der Waals surface area contributed by atoms with Crippen LogP contribution < -0.4 is 5.73 Å². The molecule has 0 aliphatic rings. The average Bonchev–Trinajstić information content (AvgIpc) is 2.36. The fraction of sp³-hybridized carbons (Fsp3) is 0.188. The van der Waals surface area contributed by atoms with Gasteiger partial charge in [0.2, 0.25) is 0 Å². The third-order valence-corrected chi connectivity index (χ3v) is 3.46. The van der Waals surface area contributed by atoms with Crippen LogP contribution in [0.5, 0.6) is 0 Å². The Morgan fingerprint density at radius 2 is 2.00 bits per heavy atom. The van der Waals surface area contributed by atoms with E-state index in [1.165, 1.54) is 0 Å². The van der Waals surface area contributed by atoms with Crippen LogP contribution in [0.1, 0.15) is 21.5 Å². The number of benzene rings is 2. The smallest absolute Gasteiger partial charge is 0.253 e. The van der Waals surface area contributed by atoms with E-state index in [1.54, 1.807) is 11.9 Å². The second-order valence-electron chi connectivity index (χ2n) is 4.92. The summed E-state index contributed by atoms with van der Waals surface area (Å²) < 4.78 is 0.915. The number of halogens is 1. The molecule has 2 rings (SSSR count). The summed E-state index contributed by atoms with van der Waals surface area (Å²) in [6.45, 7) is 2.51. The molecule has 0 radical (unpaired) electrons. The highest BCUT2D eigenvalue weighted by Crippen LogP contribution is 2.17. The lowest BCUT2D eigenvalue weighted by Crippen LogP contribution is -2.26. The van der Waals surface area contributed by atoms with Crippen molar-refractivity contribution in [3.05, 3.63) is 63.6 Å². The second kappa shape index (κ2) is 6.09. The lowest BCUT2D eigenvalue weighted by atomic mass is 10.1. The van der Waals surface area contributed by atoms with E-state index in [2.05, 4.69) is 15.9 Å². The molecule has 0 aliphatic carbocycles. The van der Waals surface area contributed by atoms with Crippen LogP contribution in [0.4, 0.5) is 5.69 Å². The Balaban J connectivity index is 2.16. The highest BCUT2D eigenvalue weighted by atomic mass is 79.9. The number of amides is 1. The number of carbonyl (C=O) groups excluding carboxylic acids is 1. The zero-order valence-corrected chi connectivity index (χ0v) is 13.1. The Labute approximate surface area is 127 Å². The molecule has 104 valence electrons. The van der Waals surface area contributed by atoms with Crippen molar-refractivity contribution in [1.82, 2.24) is 4.90 Å². The zero-order valence-electron chi connectivity index (χ0n) is 11.6. The Kier molecular flexibility index (Phi) is 4.45. The van der Waals surface area contributed by atoms with Crippen LogP contribution in [-0.2, 0) is 6.54 Å². The van der Waals surface area contributed by atoms with E-state index in [9.17, 15) is 4.79 Å². The molecule has 0 bridgehead atoms. The number of nitrogens with zero attached hydrogens (tertiary/aromatic N) is 1. The van der Waals surface area contributed by atoms with Crippen LogP contribution in [0.3, 0.4) is 0 Å². The van der Waals surface area contributed by atoms with Gasteiger partial charge in [-0.3, -0.25) is 4.79 Å². The molecule has 2 aromatic rings. The molecule has 4 heteroatoms. The maximum Gasteiger partial charge on any atom is 0.253 e. The summed E-state index contributed by atoms with van der Waals surface area (Å²) >= 11 is 3.42. The van der Waals surface area contributed by atoms with Gasteiger partial charge in [0.1, 0.15) is 0 Å². The second-order valence-corrected chi connectivity index (χ2v) is 5.84. The fourth-order valence-corrected chi connectivity index (χ4v) is 2.73. The van der Waals surface area contributed by atoms with Crippen LogP contribution in [-0.4, -0.2) is 17.9 Å². The molecule has 2 N–H and O–H groups in total. The van der Waals surface area contributed by atoms with E-state index in [-0.39, 0.29) is 5.91 Å². The first kappa shape index (κ1) is 14.6. The zero-order chi connectivity index (χ0) is 14.7. The van der Waals surface area contributed by atoms with Crippen molar-refractivity contribution in [2.45, 2.75) is 13.5 Å². The third-order valence-electron chi connectivity index (χ3n) is 3.01. The topological polar surface area (TPSA) is 46.3 Å². The van der Waals surface area contributed by atoms with Crippen molar-refractivity contribution in [1.29, 1.82) is 0 Å². The van der Waals surface area contributed by atoms with Crippen LogP contribution >= 0.6 is 15.9 Å². The van der Waals surface area contributed by atoms with Crippen molar-refractivity contribution in [3.8, 4) is 0 Å². The summed E-state index contributed by atoms with van der Waals surface area (Å²) in [7, 11) is 1.79. The number of hydrogen-bond donors (Lipinski definition) is 1. The number of nitrogens with two attached hydrogens (primary N) is 1. The maximum atomic E-state index is 12.4. The van der Waals surface area contributed by atoms with Gasteiger partial charge in [0.05, 0.1) is 0 Å². The van der Waals surface area contributed by atoms with Crippen LogP contribution in [0.15, 0.2) is 46.9 Å². The standard InChI is InChI=1S/C16H17BrN2O/c1-11-6-13(9-14(17)7-11)16(20)19(2)10-12-4-3-5-15(18)8-12/h3-9H,10,18H2,1-2H3. The Morgan fingerprint density at radius 3 is 2.65 bits per heavy atom. The van der Waals surface area contributed by atoms with E-state index in [4.69, 9.17) is 5.73 Å². The van der Waals surface area contributed by atoms with E-state index >= 15 is 0 Å². The number of rotatable bonds is 3. The largest absolute Gasteiger partial charge is 0.399 e. The maximum absolute atomic E-state index is 12.4. The molecular weight excluding hydrogens is 316 g/mol. The van der Waals surface area contributed by atoms with Crippen molar-refractivity contribution in [2.24, 2.45) is 0 Å². The minimum absolute atomic E-state index is 0.00294. The van der Waals surface area contributed by atoms with Gasteiger partial charge in [-0.1, -0.05) is 28.1 Å². The summed E-state index contributed by atoms with van der Waals surface area (Å²) in [4.78, 5) is 14.1. The molecule has 0 aromatic heterocycles. The number of hydrogen-bond acceptors (Lipinski definition) is 2. The third kappa shape index (κ3) is 3.61. The van der Waals surface area contributed by atoms with Crippen LogP contribution in [0.25, 0.3) is 0 Å². The van der Waals surface area contributed by atoms with Gasteiger partial charge >= 0.3 is 0 Å². The molecule has 0 saturated heterocycles. The summed E-state index contributed by atoms with van der Waals surface area (Å²) in [5, 5.41) is 0. The first-order valence-corrected chi connectivity index (χ1v) is 7.12. The predicted molar refractivity (Wildman–Crippen MR) is 85.5 cm³/mol. The SMILES string of the molecule is Cc1cc(Br)cc(C(=O)N(C)Cc2cccc(N)c2)c1. The van der Waals surface area contributed by atoms with Crippen molar-refractivity contribution >= 4 is 27.5 Å². The Hall–Kier alpha value is -1.81. The molecular formula is C16H17BrN2O. The van der Waals surface area contributed by atoms with E-state index < -0.39 is 0 Å². The van der Waals surface area contributed by atoms with Crippen LogP contribution in [0, 0.1) is 6.92 Å². The molecule has 2 aromatic carbocycles. The van der Waals surface area contributed by atoms with E-state index in [1.807, 2.05) is 49.4 Å². The molecule has 0 atom stereocenters. The quantitative estimate of drug-likeness (QED) is 0.872. The van der Waals surface area contributed by atoms with Crippen LogP contribution in [0.2, 0.25) is 0 Å². The summed E-state index contributed by atoms with van der Waals surface area (Å²) in [6.07, 6.45) is 0. The van der Waals surface area contributed by atoms with E-state index in [0.717, 1.165) is 15.6 Å². The Bertz CT molecular complexity index is 620. The molecule has 1 amide bonds. The first-order chi connectivity index (χ1) is 9.45. The van der Waals surface area contributed by atoms with Gasteiger partial charge in [-0.15, -0.1) is 0 Å².